The first kappa shape index (κ1) is 12.7. The maximum absolute atomic E-state index is 12.5. The smallest absolute Gasteiger partial charge is 0.289 e. The van der Waals surface area contributed by atoms with Crippen LogP contribution in [-0.2, 0) is 0 Å². The first-order valence-corrected chi connectivity index (χ1v) is 7.35. The van der Waals surface area contributed by atoms with Crippen LogP contribution in [0, 0.1) is 11.3 Å². The number of rotatable bonds is 3. The molecule has 2 aliphatic rings. The first-order chi connectivity index (χ1) is 10.2. The molecule has 2 heterocycles. The molecule has 2 N–H and O–H groups in total. The number of nitrogens with two attached hydrogens (primary N) is 1. The third-order valence-electron chi connectivity index (χ3n) is 4.92. The van der Waals surface area contributed by atoms with Crippen molar-refractivity contribution in [3.05, 3.63) is 48.4 Å². The molecule has 2 fully saturated rings. The zero-order valence-corrected chi connectivity index (χ0v) is 11.8. The number of carbonyl (C=O) groups is 1. The quantitative estimate of drug-likeness (QED) is 0.940. The number of piperidine rings is 1. The predicted molar refractivity (Wildman–Crippen MR) is 79.6 cm³/mol. The van der Waals surface area contributed by atoms with Gasteiger partial charge in [-0.2, -0.15) is 0 Å². The lowest BCUT2D eigenvalue weighted by molar-refractivity contribution is 0.0734. The highest BCUT2D eigenvalue weighted by Gasteiger charge is 2.59. The van der Waals surface area contributed by atoms with Crippen LogP contribution in [0.4, 0.5) is 0 Å². The molecular weight excluding hydrogens is 264 g/mol. The molecule has 1 aliphatic carbocycles. The van der Waals surface area contributed by atoms with Crippen molar-refractivity contribution in [3.8, 4) is 11.1 Å². The van der Waals surface area contributed by atoms with Gasteiger partial charge in [-0.05, 0) is 30.5 Å². The molecule has 1 saturated heterocycles. The van der Waals surface area contributed by atoms with Gasteiger partial charge in [0, 0.05) is 24.1 Å². The Kier molecular flexibility index (Phi) is 2.69. The van der Waals surface area contributed by atoms with Gasteiger partial charge in [0.25, 0.3) is 5.91 Å². The fourth-order valence-corrected chi connectivity index (χ4v) is 3.45. The van der Waals surface area contributed by atoms with E-state index in [1.807, 2.05) is 41.3 Å². The van der Waals surface area contributed by atoms with Gasteiger partial charge in [0.2, 0.25) is 0 Å². The molecule has 0 spiro atoms. The van der Waals surface area contributed by atoms with Gasteiger partial charge in [-0.25, -0.2) is 0 Å². The minimum atomic E-state index is -0.0165. The molecule has 0 radical (unpaired) electrons. The van der Waals surface area contributed by atoms with Gasteiger partial charge in [0.1, 0.15) is 0 Å². The number of carbonyl (C=O) groups excluding carboxylic acids is 1. The summed E-state index contributed by atoms with van der Waals surface area (Å²) in [5, 5.41) is 0. The summed E-state index contributed by atoms with van der Waals surface area (Å²) in [6.07, 6.45) is 2.82. The fraction of sp³-hybridized carbons (Fsp3) is 0.353. The summed E-state index contributed by atoms with van der Waals surface area (Å²) in [6.45, 7) is 2.26. The van der Waals surface area contributed by atoms with E-state index in [1.165, 1.54) is 6.42 Å². The second kappa shape index (κ2) is 4.46. The molecule has 2 atom stereocenters. The summed E-state index contributed by atoms with van der Waals surface area (Å²) in [6, 6.07) is 11.8. The Morgan fingerprint density at radius 3 is 2.86 bits per heavy atom. The highest BCUT2D eigenvalue weighted by Crippen LogP contribution is 2.57. The van der Waals surface area contributed by atoms with Gasteiger partial charge < -0.3 is 15.1 Å². The van der Waals surface area contributed by atoms with Crippen molar-refractivity contribution in [1.29, 1.82) is 0 Å². The summed E-state index contributed by atoms with van der Waals surface area (Å²) in [4.78, 5) is 14.4. The second-order valence-corrected chi connectivity index (χ2v) is 6.22. The molecule has 1 saturated carbocycles. The molecule has 21 heavy (non-hydrogen) atoms. The highest BCUT2D eigenvalue weighted by molar-refractivity contribution is 5.93. The maximum atomic E-state index is 12.5. The van der Waals surface area contributed by atoms with Crippen molar-refractivity contribution < 1.29 is 9.21 Å². The van der Waals surface area contributed by atoms with Crippen LogP contribution in [0.5, 0.6) is 0 Å². The van der Waals surface area contributed by atoms with Gasteiger partial charge in [-0.3, -0.25) is 4.79 Å². The Bertz CT molecular complexity index is 675. The number of benzene rings is 1. The summed E-state index contributed by atoms with van der Waals surface area (Å²) in [5.74, 6) is 0.995. The zero-order valence-electron chi connectivity index (χ0n) is 11.8. The Hall–Kier alpha value is -2.07. The zero-order chi connectivity index (χ0) is 14.4. The maximum Gasteiger partial charge on any atom is 0.289 e. The van der Waals surface area contributed by atoms with Crippen LogP contribution in [0.3, 0.4) is 0 Å². The predicted octanol–water partition coefficient (Wildman–Crippen LogP) is 2.37. The van der Waals surface area contributed by atoms with Gasteiger partial charge in [0.05, 0.1) is 6.26 Å². The SMILES string of the molecule is NC[C@@]12C[C@@H]1CN(C(=O)c1cc(-c3ccccc3)co1)C2. The number of furan rings is 1. The Morgan fingerprint density at radius 2 is 2.14 bits per heavy atom. The molecule has 4 heteroatoms. The summed E-state index contributed by atoms with van der Waals surface area (Å²) >= 11 is 0. The normalized spacial score (nSPS) is 26.7. The van der Waals surface area contributed by atoms with Crippen LogP contribution in [0.1, 0.15) is 17.0 Å². The fourth-order valence-electron chi connectivity index (χ4n) is 3.45. The molecule has 4 nitrogen and oxygen atoms in total. The van der Waals surface area contributed by atoms with Gasteiger partial charge in [0.15, 0.2) is 5.76 Å². The van der Waals surface area contributed by atoms with Gasteiger partial charge in [-0.15, -0.1) is 0 Å². The molecule has 1 amide bonds. The van der Waals surface area contributed by atoms with Crippen LogP contribution in [-0.4, -0.2) is 30.4 Å². The van der Waals surface area contributed by atoms with E-state index in [1.54, 1.807) is 6.26 Å². The number of amides is 1. The van der Waals surface area contributed by atoms with Crippen LogP contribution in [0.2, 0.25) is 0 Å². The number of hydrogen-bond donors (Lipinski definition) is 1. The molecular formula is C17H18N2O2. The molecule has 2 aromatic rings. The van der Waals surface area contributed by atoms with E-state index in [0.717, 1.165) is 24.2 Å². The molecule has 4 rings (SSSR count). The molecule has 1 aromatic heterocycles. The van der Waals surface area contributed by atoms with E-state index in [4.69, 9.17) is 10.2 Å². The lowest BCUT2D eigenvalue weighted by Gasteiger charge is -2.18. The van der Waals surface area contributed by atoms with Gasteiger partial charge in [-0.1, -0.05) is 30.3 Å². The molecule has 0 unspecified atom stereocenters. The van der Waals surface area contributed by atoms with Crippen molar-refractivity contribution in [2.75, 3.05) is 19.6 Å². The van der Waals surface area contributed by atoms with E-state index >= 15 is 0 Å². The monoisotopic (exact) mass is 282 g/mol. The molecule has 1 aliphatic heterocycles. The van der Waals surface area contributed by atoms with E-state index < -0.39 is 0 Å². The van der Waals surface area contributed by atoms with Crippen molar-refractivity contribution >= 4 is 5.91 Å². The number of hydrogen-bond acceptors (Lipinski definition) is 3. The summed E-state index contributed by atoms with van der Waals surface area (Å²) in [5.41, 5.74) is 8.03. The van der Waals surface area contributed by atoms with Gasteiger partial charge >= 0.3 is 0 Å². The highest BCUT2D eigenvalue weighted by atomic mass is 16.3. The van der Waals surface area contributed by atoms with E-state index in [2.05, 4.69) is 0 Å². The van der Waals surface area contributed by atoms with E-state index in [-0.39, 0.29) is 11.3 Å². The van der Waals surface area contributed by atoms with Crippen LogP contribution < -0.4 is 5.73 Å². The molecule has 1 aromatic carbocycles. The number of fused-ring (bicyclic) bond motifs is 1. The molecule has 0 bridgehead atoms. The van der Waals surface area contributed by atoms with Crippen molar-refractivity contribution in [1.82, 2.24) is 4.90 Å². The van der Waals surface area contributed by atoms with E-state index in [0.29, 0.717) is 18.2 Å². The average Bonchev–Trinajstić information content (AvgIpc) is 2.93. The minimum absolute atomic E-state index is 0.0165. The largest absolute Gasteiger partial charge is 0.459 e. The Morgan fingerprint density at radius 1 is 1.33 bits per heavy atom. The number of likely N-dealkylation sites (tertiary alicyclic amines) is 1. The van der Waals surface area contributed by atoms with Crippen LogP contribution >= 0.6 is 0 Å². The summed E-state index contributed by atoms with van der Waals surface area (Å²) < 4.78 is 5.49. The third-order valence-corrected chi connectivity index (χ3v) is 4.92. The van der Waals surface area contributed by atoms with Crippen LogP contribution in [0.25, 0.3) is 11.1 Å². The van der Waals surface area contributed by atoms with Crippen molar-refractivity contribution in [2.45, 2.75) is 6.42 Å². The minimum Gasteiger partial charge on any atom is -0.459 e. The molecule has 108 valence electrons. The topological polar surface area (TPSA) is 59.5 Å². The van der Waals surface area contributed by atoms with Crippen LogP contribution in [0.15, 0.2) is 47.1 Å². The van der Waals surface area contributed by atoms with Crippen molar-refractivity contribution in [3.63, 3.8) is 0 Å². The van der Waals surface area contributed by atoms with Crippen molar-refractivity contribution in [2.24, 2.45) is 17.1 Å². The Labute approximate surface area is 123 Å². The lowest BCUT2D eigenvalue weighted by atomic mass is 10.1. The third kappa shape index (κ3) is 1.98. The summed E-state index contributed by atoms with van der Waals surface area (Å²) in [7, 11) is 0. The second-order valence-electron chi connectivity index (χ2n) is 6.22. The Balaban J connectivity index is 1.53. The number of nitrogens with zero attached hydrogens (tertiary/aromatic N) is 1. The average molecular weight is 282 g/mol. The first-order valence-electron chi connectivity index (χ1n) is 7.35. The standard InChI is InChI=1S/C17H18N2O2/c18-10-17-7-14(17)8-19(11-17)16(20)15-6-13(9-21-15)12-4-2-1-3-5-12/h1-6,9,14H,7-8,10-11,18H2/t14-,17-/m1/s1. The lowest BCUT2D eigenvalue weighted by Crippen LogP contribution is -2.33. The van der Waals surface area contributed by atoms with E-state index in [9.17, 15) is 4.79 Å².